The maximum Gasteiger partial charge on any atom is 0.174 e. The van der Waals surface area contributed by atoms with Crippen molar-refractivity contribution >= 4 is 28.7 Å². The molecular weight excluding hydrogens is 441 g/mol. The fourth-order valence-electron chi connectivity index (χ4n) is 4.94. The molecule has 5 heteroatoms. The Bertz CT molecular complexity index is 1340. The van der Waals surface area contributed by atoms with E-state index in [0.29, 0.717) is 0 Å². The minimum Gasteiger partial charge on any atom is -0.308 e. The SMILES string of the molecule is CN1CC2=C(N=C3SC=C(c4ccc(F)cc4)N3[C@H]2c2ccccc2)/C(=C/c2ccccc2)C1. The molecule has 0 unspecified atom stereocenters. The van der Waals surface area contributed by atoms with Gasteiger partial charge in [-0.25, -0.2) is 9.38 Å². The average molecular weight is 466 g/mol. The first kappa shape index (κ1) is 21.1. The fraction of sp³-hybridized carbons (Fsp3) is 0.138. The predicted octanol–water partition coefficient (Wildman–Crippen LogP) is 6.57. The van der Waals surface area contributed by atoms with Crippen LogP contribution in [0.5, 0.6) is 0 Å². The highest BCUT2D eigenvalue weighted by atomic mass is 32.2. The van der Waals surface area contributed by atoms with Crippen LogP contribution in [0.25, 0.3) is 11.8 Å². The van der Waals surface area contributed by atoms with Crippen LogP contribution < -0.4 is 0 Å². The third-order valence-electron chi connectivity index (χ3n) is 6.42. The number of nitrogens with zero attached hydrogens (tertiary/aromatic N) is 3. The summed E-state index contributed by atoms with van der Waals surface area (Å²) in [6.45, 7) is 1.70. The van der Waals surface area contributed by atoms with Crippen LogP contribution >= 0.6 is 11.8 Å². The van der Waals surface area contributed by atoms with Gasteiger partial charge in [-0.15, -0.1) is 0 Å². The third-order valence-corrected chi connectivity index (χ3v) is 7.26. The normalized spacial score (nSPS) is 21.3. The number of hydrogen-bond acceptors (Lipinski definition) is 4. The minimum atomic E-state index is -0.225. The first-order chi connectivity index (χ1) is 16.7. The maximum absolute atomic E-state index is 13.7. The molecule has 3 aliphatic heterocycles. The summed E-state index contributed by atoms with van der Waals surface area (Å²) < 4.78 is 13.7. The molecular formula is C29H24FN3S. The van der Waals surface area contributed by atoms with Crippen molar-refractivity contribution in [3.8, 4) is 0 Å². The number of likely N-dealkylation sites (N-methyl/N-ethyl adjacent to an activating group) is 1. The summed E-state index contributed by atoms with van der Waals surface area (Å²) >= 11 is 1.64. The molecule has 0 radical (unpaired) electrons. The van der Waals surface area contributed by atoms with Gasteiger partial charge in [0.15, 0.2) is 5.17 Å². The minimum absolute atomic E-state index is 0.0249. The molecule has 3 aromatic carbocycles. The summed E-state index contributed by atoms with van der Waals surface area (Å²) in [5, 5.41) is 3.11. The molecule has 1 atom stereocenters. The van der Waals surface area contributed by atoms with E-state index in [1.807, 2.05) is 18.2 Å². The molecule has 34 heavy (non-hydrogen) atoms. The quantitative estimate of drug-likeness (QED) is 0.436. The Labute approximate surface area is 203 Å². The van der Waals surface area contributed by atoms with Crippen molar-refractivity contribution in [2.45, 2.75) is 6.04 Å². The van der Waals surface area contributed by atoms with Gasteiger partial charge < -0.3 is 4.90 Å². The zero-order valence-electron chi connectivity index (χ0n) is 18.9. The van der Waals surface area contributed by atoms with Gasteiger partial charge in [-0.3, -0.25) is 4.90 Å². The van der Waals surface area contributed by atoms with Gasteiger partial charge >= 0.3 is 0 Å². The molecule has 0 bridgehead atoms. The van der Waals surface area contributed by atoms with E-state index in [1.165, 1.54) is 34.4 Å². The van der Waals surface area contributed by atoms with Crippen LogP contribution in [0.2, 0.25) is 0 Å². The van der Waals surface area contributed by atoms with E-state index < -0.39 is 0 Å². The smallest absolute Gasteiger partial charge is 0.174 e. The van der Waals surface area contributed by atoms with E-state index in [-0.39, 0.29) is 11.9 Å². The van der Waals surface area contributed by atoms with Crippen molar-refractivity contribution in [1.29, 1.82) is 0 Å². The van der Waals surface area contributed by atoms with Crippen LogP contribution in [0.4, 0.5) is 4.39 Å². The molecule has 0 saturated heterocycles. The van der Waals surface area contributed by atoms with Crippen molar-refractivity contribution < 1.29 is 4.39 Å². The Balaban J connectivity index is 1.51. The van der Waals surface area contributed by atoms with Crippen LogP contribution in [0, 0.1) is 5.82 Å². The number of amidine groups is 1. The second-order valence-electron chi connectivity index (χ2n) is 8.83. The molecule has 6 rings (SSSR count). The highest BCUT2D eigenvalue weighted by Crippen LogP contribution is 2.49. The largest absolute Gasteiger partial charge is 0.308 e. The van der Waals surface area contributed by atoms with E-state index >= 15 is 0 Å². The lowest BCUT2D eigenvalue weighted by Gasteiger charge is -2.42. The third kappa shape index (κ3) is 3.81. The number of halogens is 1. The van der Waals surface area contributed by atoms with E-state index in [1.54, 1.807) is 11.8 Å². The Kier molecular flexibility index (Phi) is 5.44. The van der Waals surface area contributed by atoms with Gasteiger partial charge in [-0.2, -0.15) is 0 Å². The van der Waals surface area contributed by atoms with Crippen LogP contribution in [0.15, 0.2) is 112 Å². The summed E-state index contributed by atoms with van der Waals surface area (Å²) in [6.07, 6.45) is 2.26. The highest BCUT2D eigenvalue weighted by molar-refractivity contribution is 8.16. The lowest BCUT2D eigenvalue weighted by atomic mass is 9.88. The number of aliphatic imine (C=N–C) groups is 1. The second kappa shape index (κ2) is 8.75. The first-order valence-electron chi connectivity index (χ1n) is 11.4. The standard InChI is InChI=1S/C29H24FN3S/c1-32-17-23(16-20-8-4-2-5-9-20)27-25(18-32)28(22-10-6-3-7-11-22)33-26(19-34-29(33)31-27)21-12-14-24(30)15-13-21/h2-16,19,28H,17-18H2,1H3/b23-16+/t28-/m0/s1. The van der Waals surface area contributed by atoms with Crippen LogP contribution in [0.3, 0.4) is 0 Å². The molecule has 0 spiro atoms. The summed E-state index contributed by atoms with van der Waals surface area (Å²) in [5.74, 6) is -0.225. The fourth-order valence-corrected chi connectivity index (χ4v) is 5.87. The Hall–Kier alpha value is -3.41. The van der Waals surface area contributed by atoms with Gasteiger partial charge in [0.05, 0.1) is 17.4 Å². The lowest BCUT2D eigenvalue weighted by molar-refractivity contribution is 0.344. The summed E-state index contributed by atoms with van der Waals surface area (Å²) in [6, 6.07) is 27.9. The lowest BCUT2D eigenvalue weighted by Crippen LogP contribution is -2.40. The maximum atomic E-state index is 13.7. The Morgan fingerprint density at radius 2 is 1.62 bits per heavy atom. The molecule has 0 saturated carbocycles. The van der Waals surface area contributed by atoms with Crippen molar-refractivity contribution in [3.05, 3.63) is 130 Å². The van der Waals surface area contributed by atoms with Crippen LogP contribution in [-0.2, 0) is 0 Å². The summed E-state index contributed by atoms with van der Waals surface area (Å²) in [4.78, 5) is 9.89. The number of hydrogen-bond donors (Lipinski definition) is 0. The number of benzene rings is 3. The molecule has 0 aromatic heterocycles. The zero-order chi connectivity index (χ0) is 23.1. The predicted molar refractivity (Wildman–Crippen MR) is 139 cm³/mol. The van der Waals surface area contributed by atoms with Gasteiger partial charge in [0.1, 0.15) is 5.82 Å². The average Bonchev–Trinajstić information content (AvgIpc) is 3.28. The Morgan fingerprint density at radius 1 is 0.912 bits per heavy atom. The number of rotatable bonds is 3. The van der Waals surface area contributed by atoms with E-state index in [0.717, 1.165) is 35.2 Å². The van der Waals surface area contributed by atoms with E-state index in [9.17, 15) is 4.39 Å². The number of thioether (sulfide) groups is 1. The number of fused-ring (bicyclic) bond motifs is 1. The van der Waals surface area contributed by atoms with Gasteiger partial charge in [-0.1, -0.05) is 72.4 Å². The van der Waals surface area contributed by atoms with Gasteiger partial charge in [0.2, 0.25) is 0 Å². The molecule has 3 heterocycles. The zero-order valence-corrected chi connectivity index (χ0v) is 19.7. The molecule has 0 fully saturated rings. The molecule has 168 valence electrons. The summed E-state index contributed by atoms with van der Waals surface area (Å²) in [5.41, 5.74) is 8.10. The molecule has 3 nitrogen and oxygen atoms in total. The van der Waals surface area contributed by atoms with Crippen molar-refractivity contribution in [1.82, 2.24) is 9.80 Å². The van der Waals surface area contributed by atoms with Crippen LogP contribution in [0.1, 0.15) is 22.7 Å². The van der Waals surface area contributed by atoms with Gasteiger partial charge in [-0.05, 0) is 65.2 Å². The van der Waals surface area contributed by atoms with Crippen molar-refractivity contribution in [3.63, 3.8) is 0 Å². The van der Waals surface area contributed by atoms with Crippen LogP contribution in [-0.4, -0.2) is 35.1 Å². The molecule has 0 aliphatic carbocycles. The van der Waals surface area contributed by atoms with Crippen molar-refractivity contribution in [2.75, 3.05) is 20.1 Å². The second-order valence-corrected chi connectivity index (χ2v) is 9.67. The summed E-state index contributed by atoms with van der Waals surface area (Å²) in [7, 11) is 2.17. The molecule has 0 N–H and O–H groups in total. The molecule has 0 amide bonds. The Morgan fingerprint density at radius 3 is 2.35 bits per heavy atom. The molecule has 3 aromatic rings. The monoisotopic (exact) mass is 465 g/mol. The van der Waals surface area contributed by atoms with E-state index in [2.05, 4.69) is 82.9 Å². The van der Waals surface area contributed by atoms with Gasteiger partial charge in [0.25, 0.3) is 0 Å². The molecule has 3 aliphatic rings. The first-order valence-corrected chi connectivity index (χ1v) is 12.3. The van der Waals surface area contributed by atoms with Crippen molar-refractivity contribution in [2.24, 2.45) is 4.99 Å². The topological polar surface area (TPSA) is 18.8 Å². The van der Waals surface area contributed by atoms with Gasteiger partial charge in [0, 0.05) is 18.5 Å². The van der Waals surface area contributed by atoms with E-state index in [4.69, 9.17) is 4.99 Å². The highest BCUT2D eigenvalue weighted by Gasteiger charge is 2.41.